The van der Waals surface area contributed by atoms with E-state index in [1.165, 1.54) is 25.7 Å². The molecule has 2 aliphatic heterocycles. The maximum Gasteiger partial charge on any atom is 2.00 e. The van der Waals surface area contributed by atoms with E-state index in [4.69, 9.17) is 30.6 Å². The van der Waals surface area contributed by atoms with Gasteiger partial charge in [-0.2, -0.15) is 0 Å². The second-order valence-electron chi connectivity index (χ2n) is 8.67. The van der Waals surface area contributed by atoms with Crippen LogP contribution in [0.15, 0.2) is 0 Å². The Morgan fingerprint density at radius 1 is 0.450 bits per heavy atom. The molecule has 0 unspecified atom stereocenters. The van der Waals surface area contributed by atoms with Gasteiger partial charge in [-0.05, 0) is 11.8 Å². The molecule has 6 N–H and O–H groups in total. The van der Waals surface area contributed by atoms with Crippen LogP contribution in [0.2, 0.25) is 0 Å². The van der Waals surface area contributed by atoms with E-state index in [0.717, 1.165) is 47.8 Å². The normalized spacial score (nSPS) is 15.2. The average Bonchev–Trinajstić information content (AvgIpc) is 2.78. The fraction of sp³-hybridized carbons (Fsp3) is 0.727. The summed E-state index contributed by atoms with van der Waals surface area (Å²) in [5.74, 6) is -5.60. The first-order valence-corrected chi connectivity index (χ1v) is 11.8. The van der Waals surface area contributed by atoms with E-state index in [2.05, 4.69) is 10.6 Å². The predicted molar refractivity (Wildman–Crippen MR) is 130 cm³/mol. The van der Waals surface area contributed by atoms with E-state index in [1.807, 2.05) is 0 Å². The molecule has 0 aliphatic carbocycles. The third kappa shape index (κ3) is 24.7. The molecule has 2 radical (unpaired) electrons. The molecule has 0 amide bonds. The van der Waals surface area contributed by atoms with Crippen LogP contribution in [0.5, 0.6) is 0 Å². The number of piperidine rings is 2. The van der Waals surface area contributed by atoms with E-state index in [0.29, 0.717) is 0 Å². The van der Waals surface area contributed by atoms with Crippen molar-refractivity contribution in [2.24, 2.45) is 11.8 Å². The number of carbonyl (C=O) groups is 6. The van der Waals surface area contributed by atoms with Gasteiger partial charge in [0.15, 0.2) is 0 Å². The molecule has 2 fully saturated rings. The van der Waals surface area contributed by atoms with Crippen molar-refractivity contribution in [1.82, 2.24) is 9.80 Å². The Morgan fingerprint density at radius 3 is 0.775 bits per heavy atom. The molecule has 236 valence electrons. The number of hydrogen-bond donors (Lipinski definition) is 6. The van der Waals surface area contributed by atoms with Crippen molar-refractivity contribution in [3.8, 4) is 0 Å². The summed E-state index contributed by atoms with van der Waals surface area (Å²) >= 11 is 0. The van der Waals surface area contributed by atoms with Gasteiger partial charge in [0.05, 0.1) is 39.3 Å². The van der Waals surface area contributed by atoms with Crippen molar-refractivity contribution in [3.63, 3.8) is 0 Å². The van der Waals surface area contributed by atoms with E-state index in [-0.39, 0.29) is 34.1 Å². The molecule has 2 heterocycles. The zero-order valence-corrected chi connectivity index (χ0v) is 23.5. The van der Waals surface area contributed by atoms with Crippen LogP contribution in [-0.2, 0) is 62.9 Å². The molecular weight excluding hydrogens is 639 g/mol. The Morgan fingerprint density at radius 2 is 0.625 bits per heavy atom. The summed E-state index contributed by atoms with van der Waals surface area (Å²) in [5.41, 5.74) is 0. The summed E-state index contributed by atoms with van der Waals surface area (Å²) in [7, 11) is 0. The summed E-state index contributed by atoms with van der Waals surface area (Å²) < 4.78 is 0. The van der Waals surface area contributed by atoms with Gasteiger partial charge in [0.1, 0.15) is 0 Å². The van der Waals surface area contributed by atoms with Gasteiger partial charge in [0.25, 0.3) is 0 Å². The minimum atomic E-state index is -1.26. The van der Waals surface area contributed by atoms with Gasteiger partial charge in [-0.1, -0.05) is 25.7 Å². The fourth-order valence-corrected chi connectivity index (χ4v) is 3.97. The second kappa shape index (κ2) is 24.5. The molecule has 0 spiro atoms. The third-order valence-electron chi connectivity index (χ3n) is 5.45. The molecular formula is C22H36Cu2N4O12+2. The Hall–Kier alpha value is -2.30. The van der Waals surface area contributed by atoms with Gasteiger partial charge in [-0.3, -0.25) is 38.6 Å². The first-order valence-electron chi connectivity index (χ1n) is 11.8. The van der Waals surface area contributed by atoms with Gasteiger partial charge in [0, 0.05) is 0 Å². The molecule has 0 atom stereocenters. The minimum absolute atomic E-state index is 0. The predicted octanol–water partition coefficient (Wildman–Crippen LogP) is -0.367. The van der Waals surface area contributed by atoms with Gasteiger partial charge in [-0.15, -0.1) is 26.2 Å². The van der Waals surface area contributed by atoms with E-state index in [1.54, 1.807) is 0 Å². The standard InChI is InChI=1S/C10H18N2.2C6H9NO6.2Cu/c1-5-11-6-2-9(1)10-3-7-12-8-4-10;2*8-4(9)1-7(2-5(10)11)3-6(12)13;;/h9-10H,1-8H2;2*1-3H2,(H,8,9)(H,10,11)(H,12,13);;/q-2;;;2*+2. The third-order valence-corrected chi connectivity index (χ3v) is 5.45. The van der Waals surface area contributed by atoms with Crippen molar-refractivity contribution in [2.45, 2.75) is 25.7 Å². The quantitative estimate of drug-likeness (QED) is 0.136. The van der Waals surface area contributed by atoms with Crippen LogP contribution in [0.4, 0.5) is 0 Å². The smallest absolute Gasteiger partial charge is 0.662 e. The Kier molecular flexibility index (Phi) is 25.8. The van der Waals surface area contributed by atoms with E-state index in [9.17, 15) is 28.8 Å². The van der Waals surface area contributed by atoms with Crippen molar-refractivity contribution in [2.75, 3.05) is 65.4 Å². The van der Waals surface area contributed by atoms with Crippen LogP contribution < -0.4 is 0 Å². The zero-order valence-electron chi connectivity index (χ0n) is 21.6. The molecule has 0 aromatic carbocycles. The Bertz CT molecular complexity index is 654. The molecule has 2 aliphatic rings. The molecule has 2 saturated heterocycles. The first kappa shape index (κ1) is 42.2. The Balaban J connectivity index is -0.000000501. The van der Waals surface area contributed by atoms with Crippen LogP contribution in [0.1, 0.15) is 25.7 Å². The monoisotopic (exact) mass is 674 g/mol. The maximum absolute atomic E-state index is 10.1. The molecule has 40 heavy (non-hydrogen) atoms. The molecule has 0 aromatic heterocycles. The summed E-state index contributed by atoms with van der Waals surface area (Å²) in [6.07, 6.45) is 5.41. The molecule has 16 nitrogen and oxygen atoms in total. The number of carboxylic acid groups (broad SMARTS) is 6. The summed E-state index contributed by atoms with van der Waals surface area (Å²) in [4.78, 5) is 62.5. The van der Waals surface area contributed by atoms with Crippen molar-refractivity contribution in [1.29, 1.82) is 0 Å². The molecule has 0 aromatic rings. The second-order valence-corrected chi connectivity index (χ2v) is 8.67. The number of aliphatic carboxylic acids is 6. The van der Waals surface area contributed by atoms with Crippen molar-refractivity contribution >= 4 is 35.8 Å². The minimum Gasteiger partial charge on any atom is -0.662 e. The van der Waals surface area contributed by atoms with E-state index >= 15 is 0 Å². The van der Waals surface area contributed by atoms with Gasteiger partial charge in [0.2, 0.25) is 0 Å². The van der Waals surface area contributed by atoms with Crippen LogP contribution in [0, 0.1) is 11.8 Å². The topological polar surface area (TPSA) is 258 Å². The van der Waals surface area contributed by atoms with Crippen molar-refractivity contribution in [3.05, 3.63) is 10.6 Å². The molecule has 2 rings (SSSR count). The maximum atomic E-state index is 10.1. The molecule has 18 heteroatoms. The van der Waals surface area contributed by atoms with Crippen LogP contribution >= 0.6 is 0 Å². The number of rotatable bonds is 13. The fourth-order valence-electron chi connectivity index (χ4n) is 3.97. The van der Waals surface area contributed by atoms with Gasteiger partial charge < -0.3 is 41.3 Å². The zero-order chi connectivity index (χ0) is 29.1. The molecule has 0 saturated carbocycles. The van der Waals surface area contributed by atoms with Crippen LogP contribution in [0.25, 0.3) is 10.6 Å². The number of hydrogen-bond acceptors (Lipinski definition) is 8. The SMILES string of the molecule is C1CC(C2CC[N-]CC2)CC[N-]1.O=C(O)CN(CC(=O)O)CC(=O)O.O=C(O)CN(CC(=O)O)CC(=O)O.[Cu+2].[Cu+2]. The number of nitrogens with zero attached hydrogens (tertiary/aromatic N) is 4. The first-order chi connectivity index (χ1) is 17.8. The van der Waals surface area contributed by atoms with Gasteiger partial charge in [-0.25, -0.2) is 0 Å². The summed E-state index contributed by atoms with van der Waals surface area (Å²) in [5, 5.41) is 58.5. The Labute approximate surface area is 252 Å². The average molecular weight is 676 g/mol. The largest absolute Gasteiger partial charge is 2.00 e. The summed E-state index contributed by atoms with van der Waals surface area (Å²) in [6.45, 7) is 0.902. The van der Waals surface area contributed by atoms with Crippen LogP contribution in [0.3, 0.4) is 0 Å². The van der Waals surface area contributed by atoms with Gasteiger partial charge >= 0.3 is 70.0 Å². The van der Waals surface area contributed by atoms with Crippen LogP contribution in [-0.4, -0.2) is 142 Å². The van der Waals surface area contributed by atoms with Crippen molar-refractivity contribution < 1.29 is 93.5 Å². The number of carboxylic acids is 6. The molecule has 0 bridgehead atoms. The van der Waals surface area contributed by atoms with E-state index < -0.39 is 75.1 Å². The summed E-state index contributed by atoms with van der Waals surface area (Å²) in [6, 6.07) is 0.